The van der Waals surface area contributed by atoms with Crippen molar-refractivity contribution in [3.63, 3.8) is 0 Å². The van der Waals surface area contributed by atoms with Crippen molar-refractivity contribution in [3.8, 4) is 11.5 Å². The molecule has 0 aliphatic carbocycles. The summed E-state index contributed by atoms with van der Waals surface area (Å²) in [7, 11) is 1.48. The Labute approximate surface area is 254 Å². The molecule has 0 bridgehead atoms. The van der Waals surface area contributed by atoms with E-state index < -0.39 is 17.8 Å². The zero-order valence-electron chi connectivity index (χ0n) is 21.5. The summed E-state index contributed by atoms with van der Waals surface area (Å²) in [6.45, 7) is 0.192. The number of halogens is 3. The van der Waals surface area contributed by atoms with Crippen molar-refractivity contribution in [3.05, 3.63) is 122 Å². The Morgan fingerprint density at radius 3 is 1.88 bits per heavy atom. The Balaban J connectivity index is 1.53. The van der Waals surface area contributed by atoms with Crippen LogP contribution in [0.25, 0.3) is 6.08 Å². The van der Waals surface area contributed by atoms with Crippen LogP contribution < -0.4 is 19.3 Å². The molecule has 0 spiro atoms. The van der Waals surface area contributed by atoms with Gasteiger partial charge < -0.3 is 9.47 Å². The molecule has 0 saturated carbocycles. The van der Waals surface area contributed by atoms with Crippen molar-refractivity contribution in [2.45, 2.75) is 6.61 Å². The molecule has 1 aliphatic rings. The molecule has 4 aromatic rings. The van der Waals surface area contributed by atoms with E-state index in [-0.39, 0.29) is 12.2 Å². The van der Waals surface area contributed by atoms with Crippen LogP contribution in [0.2, 0.25) is 10.0 Å². The average Bonchev–Trinajstić information content (AvgIpc) is 2.98. The van der Waals surface area contributed by atoms with Crippen molar-refractivity contribution in [2.75, 3.05) is 16.9 Å². The fourth-order valence-corrected chi connectivity index (χ4v) is 4.98. The van der Waals surface area contributed by atoms with Gasteiger partial charge in [-0.1, -0.05) is 81.6 Å². The molecule has 206 valence electrons. The number of barbiturate groups is 1. The number of para-hydroxylation sites is 2. The summed E-state index contributed by atoms with van der Waals surface area (Å²) < 4.78 is 12.0. The van der Waals surface area contributed by atoms with E-state index in [0.29, 0.717) is 43.0 Å². The molecule has 10 heteroatoms. The fourth-order valence-electron chi connectivity index (χ4n) is 4.22. The minimum atomic E-state index is -0.766. The van der Waals surface area contributed by atoms with Gasteiger partial charge in [-0.05, 0) is 65.7 Å². The van der Waals surface area contributed by atoms with E-state index >= 15 is 0 Å². The Hall–Kier alpha value is -4.11. The van der Waals surface area contributed by atoms with Gasteiger partial charge in [-0.2, -0.15) is 0 Å². The summed E-state index contributed by atoms with van der Waals surface area (Å²) in [5.41, 5.74) is 1.74. The highest BCUT2D eigenvalue weighted by atomic mass is 79.9. The summed E-state index contributed by atoms with van der Waals surface area (Å²) in [4.78, 5) is 42.8. The minimum absolute atomic E-state index is 0.192. The first-order valence-corrected chi connectivity index (χ1v) is 13.8. The number of hydrogen-bond acceptors (Lipinski definition) is 5. The quantitative estimate of drug-likeness (QED) is 0.150. The topological polar surface area (TPSA) is 76.2 Å². The molecule has 0 N–H and O–H groups in total. The molecule has 41 heavy (non-hydrogen) atoms. The van der Waals surface area contributed by atoms with Crippen LogP contribution in [-0.4, -0.2) is 25.0 Å². The monoisotopic (exact) mass is 650 g/mol. The number of urea groups is 1. The molecule has 4 amide bonds. The van der Waals surface area contributed by atoms with E-state index in [1.807, 2.05) is 0 Å². The standard InChI is InChI=1S/C31H21BrCl2N2O5/c1-40-27-16-20(24(32)17-28(27)41-18-19-12-13-25(33)26(34)14-19)15-23-29(37)35(21-8-4-2-5-9-21)31(39)36(30(23)38)22-10-6-3-7-11-22/h2-17H,18H2,1H3. The lowest BCUT2D eigenvalue weighted by Gasteiger charge is -2.34. The number of ether oxygens (including phenoxy) is 2. The van der Waals surface area contributed by atoms with Crippen LogP contribution in [0, 0.1) is 0 Å². The number of carbonyl (C=O) groups is 3. The van der Waals surface area contributed by atoms with Crippen LogP contribution in [0.15, 0.2) is 101 Å². The van der Waals surface area contributed by atoms with Gasteiger partial charge in [-0.3, -0.25) is 9.59 Å². The van der Waals surface area contributed by atoms with Gasteiger partial charge >= 0.3 is 6.03 Å². The molecule has 4 aromatic carbocycles. The Kier molecular flexibility index (Phi) is 8.44. The predicted octanol–water partition coefficient (Wildman–Crippen LogP) is 7.93. The van der Waals surface area contributed by atoms with Gasteiger partial charge in [0.15, 0.2) is 11.5 Å². The Bertz CT molecular complexity index is 1620. The molecule has 7 nitrogen and oxygen atoms in total. The normalized spacial score (nSPS) is 13.5. The number of carbonyl (C=O) groups excluding carboxylic acids is 3. The van der Waals surface area contributed by atoms with Crippen LogP contribution in [0.1, 0.15) is 11.1 Å². The molecule has 0 aromatic heterocycles. The Morgan fingerprint density at radius 1 is 0.756 bits per heavy atom. The molecule has 0 atom stereocenters. The highest BCUT2D eigenvalue weighted by Crippen LogP contribution is 2.37. The predicted molar refractivity (Wildman–Crippen MR) is 163 cm³/mol. The number of methoxy groups -OCH3 is 1. The molecule has 1 heterocycles. The SMILES string of the molecule is COc1cc(C=C2C(=O)N(c3ccccc3)C(=O)N(c3ccccc3)C2=O)c(Br)cc1OCc1ccc(Cl)c(Cl)c1. The lowest BCUT2D eigenvalue weighted by atomic mass is 10.0. The zero-order chi connectivity index (χ0) is 29.1. The summed E-state index contributed by atoms with van der Waals surface area (Å²) in [5.74, 6) is -0.707. The summed E-state index contributed by atoms with van der Waals surface area (Å²) in [5, 5.41) is 0.857. The van der Waals surface area contributed by atoms with Gasteiger partial charge in [0, 0.05) is 4.47 Å². The lowest BCUT2D eigenvalue weighted by molar-refractivity contribution is -0.121. The molecule has 0 radical (unpaired) electrons. The van der Waals surface area contributed by atoms with Crippen molar-refractivity contribution in [1.29, 1.82) is 0 Å². The van der Waals surface area contributed by atoms with Crippen molar-refractivity contribution < 1.29 is 23.9 Å². The molecular formula is C31H21BrCl2N2O5. The third-order valence-electron chi connectivity index (χ3n) is 6.24. The van der Waals surface area contributed by atoms with Gasteiger partial charge in [-0.25, -0.2) is 14.6 Å². The number of imide groups is 2. The van der Waals surface area contributed by atoms with Gasteiger partial charge in [0.05, 0.1) is 28.5 Å². The van der Waals surface area contributed by atoms with Crippen LogP contribution in [-0.2, 0) is 16.2 Å². The van der Waals surface area contributed by atoms with E-state index in [1.54, 1.807) is 91.0 Å². The van der Waals surface area contributed by atoms with Crippen LogP contribution in [0.4, 0.5) is 16.2 Å². The van der Waals surface area contributed by atoms with E-state index in [1.165, 1.54) is 13.2 Å². The second-order valence-electron chi connectivity index (χ2n) is 8.85. The fraction of sp³-hybridized carbons (Fsp3) is 0.0645. The van der Waals surface area contributed by atoms with E-state index in [2.05, 4.69) is 15.9 Å². The van der Waals surface area contributed by atoms with Crippen molar-refractivity contribution in [2.24, 2.45) is 0 Å². The number of anilines is 2. The van der Waals surface area contributed by atoms with Crippen LogP contribution in [0.3, 0.4) is 0 Å². The highest BCUT2D eigenvalue weighted by molar-refractivity contribution is 9.10. The van der Waals surface area contributed by atoms with E-state index in [9.17, 15) is 14.4 Å². The summed E-state index contributed by atoms with van der Waals surface area (Å²) in [6, 6.07) is 24.6. The van der Waals surface area contributed by atoms with Crippen LogP contribution in [0.5, 0.6) is 11.5 Å². The largest absolute Gasteiger partial charge is 0.493 e. The first-order chi connectivity index (χ1) is 19.8. The number of amides is 4. The maximum absolute atomic E-state index is 13.7. The maximum atomic E-state index is 13.7. The number of hydrogen-bond donors (Lipinski definition) is 0. The van der Waals surface area contributed by atoms with Gasteiger partial charge in [0.2, 0.25) is 0 Å². The maximum Gasteiger partial charge on any atom is 0.343 e. The highest BCUT2D eigenvalue weighted by Gasteiger charge is 2.43. The van der Waals surface area contributed by atoms with Crippen LogP contribution >= 0.6 is 39.1 Å². The number of benzene rings is 4. The zero-order valence-corrected chi connectivity index (χ0v) is 24.6. The van der Waals surface area contributed by atoms with E-state index in [0.717, 1.165) is 15.4 Å². The molecule has 1 fully saturated rings. The third kappa shape index (κ3) is 5.86. The minimum Gasteiger partial charge on any atom is -0.493 e. The first kappa shape index (κ1) is 28.4. The summed E-state index contributed by atoms with van der Waals surface area (Å²) in [6.07, 6.45) is 1.43. The first-order valence-electron chi connectivity index (χ1n) is 12.3. The molecule has 0 unspecified atom stereocenters. The molecule has 1 aliphatic heterocycles. The third-order valence-corrected chi connectivity index (χ3v) is 7.67. The summed E-state index contributed by atoms with van der Waals surface area (Å²) >= 11 is 15.6. The molecule has 1 saturated heterocycles. The average molecular weight is 652 g/mol. The molecular weight excluding hydrogens is 631 g/mol. The number of rotatable bonds is 7. The Morgan fingerprint density at radius 2 is 1.34 bits per heavy atom. The van der Waals surface area contributed by atoms with E-state index in [4.69, 9.17) is 32.7 Å². The van der Waals surface area contributed by atoms with Crippen molar-refractivity contribution >= 4 is 74.4 Å². The second kappa shape index (κ2) is 12.2. The lowest BCUT2D eigenvalue weighted by Crippen LogP contribution is -2.57. The van der Waals surface area contributed by atoms with Gasteiger partial charge in [0.25, 0.3) is 11.8 Å². The second-order valence-corrected chi connectivity index (χ2v) is 10.5. The van der Waals surface area contributed by atoms with Gasteiger partial charge in [0.1, 0.15) is 12.2 Å². The van der Waals surface area contributed by atoms with Gasteiger partial charge in [-0.15, -0.1) is 0 Å². The van der Waals surface area contributed by atoms with Crippen molar-refractivity contribution in [1.82, 2.24) is 0 Å². The number of nitrogens with zero attached hydrogens (tertiary/aromatic N) is 2. The smallest absolute Gasteiger partial charge is 0.343 e. The molecule has 5 rings (SSSR count).